The Morgan fingerprint density at radius 3 is 1.89 bits per heavy atom. The van der Waals surface area contributed by atoms with E-state index < -0.39 is 155 Å². The molecule has 550 valence electrons. The summed E-state index contributed by atoms with van der Waals surface area (Å²) in [5.41, 5.74) is -2.08. The van der Waals surface area contributed by atoms with Crippen molar-refractivity contribution in [2.24, 2.45) is 28.4 Å². The lowest BCUT2D eigenvalue weighted by Gasteiger charge is -2.67. The van der Waals surface area contributed by atoms with Crippen LogP contribution in [0.5, 0.6) is 0 Å². The van der Waals surface area contributed by atoms with Crippen LogP contribution in [-0.4, -0.2) is 192 Å². The van der Waals surface area contributed by atoms with Crippen LogP contribution >= 0.6 is 0 Å². The molecule has 102 heavy (non-hydrogen) atoms. The first-order chi connectivity index (χ1) is 48.1. The fraction of sp³-hybridized carbons (Fsp3) is 0.500. The zero-order valence-electron chi connectivity index (χ0n) is 59.5. The van der Waals surface area contributed by atoms with Gasteiger partial charge in [-0.2, -0.15) is 0 Å². The van der Waals surface area contributed by atoms with Crippen LogP contribution in [0.4, 0.5) is 20.1 Å². The van der Waals surface area contributed by atoms with Gasteiger partial charge >= 0.3 is 42.1 Å². The van der Waals surface area contributed by atoms with Crippen LogP contribution in [0.15, 0.2) is 126 Å². The second kappa shape index (κ2) is 32.9. The number of amides is 7. The number of anilines is 1. The molecule has 3 fully saturated rings. The fourth-order valence-corrected chi connectivity index (χ4v) is 14.2. The van der Waals surface area contributed by atoms with Gasteiger partial charge < -0.3 is 85.5 Å². The number of carbonyl (C=O) groups is 11. The number of hydrogen-bond acceptors (Lipinski definition) is 21. The molecule has 1 unspecified atom stereocenters. The van der Waals surface area contributed by atoms with Crippen molar-refractivity contribution in [1.82, 2.24) is 31.1 Å². The Bertz CT molecular complexity index is 3760. The second-order valence-electron chi connectivity index (χ2n) is 27.8. The number of primary amides is 1. The summed E-state index contributed by atoms with van der Waals surface area (Å²) in [7, 11) is 2.79. The number of aliphatic hydroxyl groups is 2. The van der Waals surface area contributed by atoms with Crippen molar-refractivity contribution < 1.29 is 96.1 Å². The maximum Gasteiger partial charge on any atom is 0.409 e. The fourth-order valence-electron chi connectivity index (χ4n) is 14.2. The zero-order chi connectivity index (χ0) is 74.8. The van der Waals surface area contributed by atoms with Crippen molar-refractivity contribution in [3.05, 3.63) is 149 Å². The lowest BCUT2D eigenvalue weighted by Crippen LogP contribution is -2.82. The summed E-state index contributed by atoms with van der Waals surface area (Å²) < 4.78 is 43.4. The van der Waals surface area contributed by atoms with Crippen LogP contribution in [0.25, 0.3) is 0 Å². The van der Waals surface area contributed by atoms with E-state index in [1.165, 1.54) is 58.8 Å². The number of rotatable bonds is 27. The number of nitrogens with two attached hydrogens (primary N) is 1. The standard InChI is InChI=1S/C74H94N8O20/c1-41(2)56(77-42(3)4)65(89)79-51(29-22-34-76-68(75)92)64(88)78-50-32-30-46(31-33-50)39-96-69(93)81(11)35-36-82(12)70(94)100-53-37-54-73(40-97-54,102-45(7)84)60-62(101-66(90)49-27-20-15-21-28-49)74(95)38-52(43(5)55(71(74,8)9)59(98-44(6)83)61(86)72(53,60)10)99-67(91)58(85)57(47-23-16-13-17-24-47)80-63(87)48-25-18-14-19-26-48/h13-21,23-28,30-33,41-42,51-54,56-60,62,77,85,95H,22,29,34-40H2,1-12H3,(H,78,88)(H,79,89)(H,80,87)(H3,75,76,92)/t51-,52-,53-,54+,56-,57-,58+,59+,60-,62?,72+,73-,74+/m0/s1. The van der Waals surface area contributed by atoms with Crippen LogP contribution in [0.1, 0.15) is 133 Å². The molecule has 4 aromatic rings. The summed E-state index contributed by atoms with van der Waals surface area (Å²) >= 11 is 0. The van der Waals surface area contributed by atoms with Gasteiger partial charge in [-0.25, -0.2) is 24.0 Å². The van der Waals surface area contributed by atoms with E-state index in [1.54, 1.807) is 103 Å². The molecule has 13 atom stereocenters. The number of nitrogens with one attached hydrogen (secondary N) is 5. The van der Waals surface area contributed by atoms with Gasteiger partial charge in [-0.15, -0.1) is 0 Å². The van der Waals surface area contributed by atoms with E-state index in [-0.39, 0.29) is 79.2 Å². The maximum absolute atomic E-state index is 16.6. The Kier molecular flexibility index (Phi) is 25.2. The molecule has 4 aromatic carbocycles. The average molecular weight is 1420 g/mol. The van der Waals surface area contributed by atoms with E-state index in [0.29, 0.717) is 23.2 Å². The number of ether oxygens (including phenoxy) is 7. The van der Waals surface area contributed by atoms with Crippen molar-refractivity contribution in [3.63, 3.8) is 0 Å². The Morgan fingerprint density at radius 2 is 1.33 bits per heavy atom. The molecule has 0 aromatic heterocycles. The lowest BCUT2D eigenvalue weighted by molar-refractivity contribution is -0.345. The molecule has 28 nitrogen and oxygen atoms in total. The van der Waals surface area contributed by atoms with E-state index in [0.717, 1.165) is 18.7 Å². The number of likely N-dealkylation sites (N-methyl/N-ethyl adjacent to an activating group) is 2. The van der Waals surface area contributed by atoms with Gasteiger partial charge in [-0.1, -0.05) is 120 Å². The molecule has 3 aliphatic carbocycles. The summed E-state index contributed by atoms with van der Waals surface area (Å²) in [4.78, 5) is 156. The lowest BCUT2D eigenvalue weighted by atomic mass is 9.44. The number of carbonyl (C=O) groups excluding carboxylic acids is 11. The normalized spacial score (nSPS) is 24.3. The Morgan fingerprint density at radius 1 is 0.735 bits per heavy atom. The van der Waals surface area contributed by atoms with Gasteiger partial charge in [0.1, 0.15) is 42.7 Å². The molecule has 0 radical (unpaired) electrons. The first kappa shape index (κ1) is 78.0. The number of benzene rings is 4. The summed E-state index contributed by atoms with van der Waals surface area (Å²) in [5, 5.41) is 40.5. The van der Waals surface area contributed by atoms with Crippen molar-refractivity contribution in [1.29, 1.82) is 0 Å². The van der Waals surface area contributed by atoms with Gasteiger partial charge in [0.2, 0.25) is 11.8 Å². The second-order valence-corrected chi connectivity index (χ2v) is 27.8. The molecule has 2 bridgehead atoms. The van der Waals surface area contributed by atoms with Crippen molar-refractivity contribution >= 4 is 71.3 Å². The number of urea groups is 1. The number of hydrogen-bond donors (Lipinski definition) is 8. The molecule has 1 aliphatic heterocycles. The Labute approximate surface area is 592 Å². The Balaban J connectivity index is 1.05. The predicted octanol–water partition coefficient (Wildman–Crippen LogP) is 5.97. The third-order valence-electron chi connectivity index (χ3n) is 19.7. The van der Waals surface area contributed by atoms with Crippen molar-refractivity contribution in [2.75, 3.05) is 45.7 Å². The summed E-state index contributed by atoms with van der Waals surface area (Å²) in [6.07, 6.45) is -13.0. The number of aliphatic hydroxyl groups excluding tert-OH is 1. The molecule has 4 aliphatic rings. The summed E-state index contributed by atoms with van der Waals surface area (Å²) in [6, 6.07) is 26.5. The van der Waals surface area contributed by atoms with Crippen molar-refractivity contribution in [2.45, 2.75) is 174 Å². The van der Waals surface area contributed by atoms with E-state index in [9.17, 15) is 58.2 Å². The summed E-state index contributed by atoms with van der Waals surface area (Å²) in [6.45, 7) is 14.8. The first-order valence-electron chi connectivity index (χ1n) is 34.0. The minimum atomic E-state index is -2.58. The van der Waals surface area contributed by atoms with Crippen LogP contribution in [0.2, 0.25) is 0 Å². The number of esters is 4. The number of ketones is 1. The van der Waals surface area contributed by atoms with Crippen LogP contribution in [0, 0.1) is 22.7 Å². The predicted molar refractivity (Wildman–Crippen MR) is 368 cm³/mol. The molecule has 0 spiro atoms. The van der Waals surface area contributed by atoms with Crippen molar-refractivity contribution in [3.8, 4) is 0 Å². The molecule has 1 saturated heterocycles. The number of nitrogens with zero attached hydrogens (tertiary/aromatic N) is 2. The van der Waals surface area contributed by atoms with Gasteiger partial charge in [0, 0.05) is 83.1 Å². The van der Waals surface area contributed by atoms with Gasteiger partial charge in [0.15, 0.2) is 23.6 Å². The molecule has 2 saturated carbocycles. The summed E-state index contributed by atoms with van der Waals surface area (Å²) in [5.74, 6) is -8.56. The molecule has 8 rings (SSSR count). The number of fused-ring (bicyclic) bond motifs is 5. The minimum Gasteiger partial charge on any atom is -0.456 e. The van der Waals surface area contributed by atoms with Crippen LogP contribution in [0.3, 0.4) is 0 Å². The number of Topliss-reactive ketones (excluding diaryl/α,β-unsaturated/α-hetero) is 1. The monoisotopic (exact) mass is 1410 g/mol. The third-order valence-corrected chi connectivity index (χ3v) is 19.7. The van der Waals surface area contributed by atoms with E-state index in [1.807, 2.05) is 27.7 Å². The smallest absolute Gasteiger partial charge is 0.409 e. The molecule has 1 heterocycles. The molecule has 9 N–H and O–H groups in total. The van der Waals surface area contributed by atoms with Gasteiger partial charge in [0.05, 0.1) is 35.6 Å². The molecule has 7 amide bonds. The van der Waals surface area contributed by atoms with E-state index in [2.05, 4.69) is 26.6 Å². The van der Waals surface area contributed by atoms with Gasteiger partial charge in [-0.05, 0) is 91.3 Å². The van der Waals surface area contributed by atoms with E-state index >= 15 is 4.79 Å². The quantitative estimate of drug-likeness (QED) is 0.0147. The van der Waals surface area contributed by atoms with Crippen LogP contribution in [-0.2, 0) is 68.5 Å². The largest absolute Gasteiger partial charge is 0.456 e. The molecular weight excluding hydrogens is 1320 g/mol. The van der Waals surface area contributed by atoms with Crippen LogP contribution < -0.4 is 32.3 Å². The first-order valence-corrected chi connectivity index (χ1v) is 34.0. The average Bonchev–Trinajstić information content (AvgIpc) is 0.668. The third kappa shape index (κ3) is 17.2. The highest BCUT2D eigenvalue weighted by Crippen LogP contribution is 2.65. The highest BCUT2D eigenvalue weighted by Gasteiger charge is 2.79. The molecule has 28 heteroatoms. The zero-order valence-corrected chi connectivity index (χ0v) is 59.5. The van der Waals surface area contributed by atoms with Gasteiger partial charge in [-0.3, -0.25) is 28.8 Å². The topological polar surface area (TPSA) is 385 Å². The Hall–Kier alpha value is -9.77. The minimum absolute atomic E-state index is 0.0158. The maximum atomic E-state index is 16.6. The molecular formula is C74H94N8O20. The highest BCUT2D eigenvalue weighted by molar-refractivity contribution is 5.99. The van der Waals surface area contributed by atoms with Gasteiger partial charge in [0.25, 0.3) is 5.91 Å². The van der Waals surface area contributed by atoms with E-state index in [4.69, 9.17) is 38.9 Å². The SMILES string of the molecule is CC(=O)O[C@H]1C(=O)[C@]2(C)[C@@H](OC(=O)N(C)CCN(C)C(=O)OCc3ccc(NC(=O)[C@H](CCCNC(N)=O)NC(=O)[C@@H](NC(C)C)C(C)C)cc3)C[C@H]3OC[C@@]3(OC(C)=O)[C@H]2C(OC(=O)c2ccccc2)[C@]2(O)C[C@H](OC(=O)[C@H](O)[C@@H](NC(=O)c3ccccc3)c3ccccc3)C(C)=C1C2(C)C. The highest BCUT2D eigenvalue weighted by atomic mass is 16.6.